The Kier molecular flexibility index (Phi) is 6.45. The summed E-state index contributed by atoms with van der Waals surface area (Å²) in [5, 5.41) is 0. The van der Waals surface area contributed by atoms with E-state index in [-0.39, 0.29) is 0 Å². The van der Waals surface area contributed by atoms with E-state index in [1.54, 1.807) is 0 Å². The molecule has 0 aromatic heterocycles. The summed E-state index contributed by atoms with van der Waals surface area (Å²) in [6.07, 6.45) is 5.27. The fraction of sp³-hybridized carbons (Fsp3) is 1.00. The molecule has 1 aliphatic rings. The molecule has 3 nitrogen and oxygen atoms in total. The summed E-state index contributed by atoms with van der Waals surface area (Å²) in [5.74, 6) is 0.756. The Hall–Kier alpha value is -0.120. The van der Waals surface area contributed by atoms with Crippen molar-refractivity contribution in [3.63, 3.8) is 0 Å². The Morgan fingerprint density at radius 1 is 1.35 bits per heavy atom. The van der Waals surface area contributed by atoms with E-state index in [0.717, 1.165) is 18.9 Å². The number of hydrogen-bond acceptors (Lipinski definition) is 3. The van der Waals surface area contributed by atoms with Crippen molar-refractivity contribution in [2.75, 3.05) is 20.2 Å². The van der Waals surface area contributed by atoms with Crippen molar-refractivity contribution >= 4 is 0 Å². The molecule has 1 fully saturated rings. The van der Waals surface area contributed by atoms with Crippen molar-refractivity contribution in [3.05, 3.63) is 0 Å². The molecule has 102 valence electrons. The molecule has 3 heteroatoms. The Morgan fingerprint density at radius 2 is 2.06 bits per heavy atom. The summed E-state index contributed by atoms with van der Waals surface area (Å²) in [7, 11) is 2.23. The van der Waals surface area contributed by atoms with Gasteiger partial charge in [-0.2, -0.15) is 0 Å². The minimum Gasteiger partial charge on any atom is -0.377 e. The monoisotopic (exact) mass is 242 g/mol. The van der Waals surface area contributed by atoms with E-state index in [1.807, 2.05) is 0 Å². The van der Waals surface area contributed by atoms with Crippen LogP contribution in [0.2, 0.25) is 0 Å². The standard InChI is InChI=1S/C14H30N2O/c1-11(6-5-7-12(2)15)10-16(4)14-8-9-17-13(14)3/h11-14H,5-10,15H2,1-4H3. The van der Waals surface area contributed by atoms with Crippen LogP contribution >= 0.6 is 0 Å². The predicted molar refractivity (Wildman–Crippen MR) is 73.1 cm³/mol. The predicted octanol–water partition coefficient (Wildman–Crippen LogP) is 2.25. The molecule has 0 aliphatic carbocycles. The van der Waals surface area contributed by atoms with Gasteiger partial charge in [0.1, 0.15) is 0 Å². The zero-order chi connectivity index (χ0) is 12.8. The molecule has 0 aromatic rings. The van der Waals surface area contributed by atoms with Gasteiger partial charge in [-0.3, -0.25) is 0 Å². The third kappa shape index (κ3) is 5.36. The molecule has 1 rings (SSSR count). The summed E-state index contributed by atoms with van der Waals surface area (Å²) < 4.78 is 5.62. The van der Waals surface area contributed by atoms with Crippen LogP contribution in [0.15, 0.2) is 0 Å². The summed E-state index contributed by atoms with van der Waals surface area (Å²) in [6.45, 7) is 8.73. The highest BCUT2D eigenvalue weighted by atomic mass is 16.5. The minimum absolute atomic E-state index is 0.350. The van der Waals surface area contributed by atoms with Gasteiger partial charge in [0.2, 0.25) is 0 Å². The average Bonchev–Trinajstić information content (AvgIpc) is 2.63. The van der Waals surface area contributed by atoms with Crippen LogP contribution in [0.3, 0.4) is 0 Å². The molecule has 4 unspecified atom stereocenters. The largest absolute Gasteiger partial charge is 0.377 e. The van der Waals surface area contributed by atoms with Crippen molar-refractivity contribution in [1.82, 2.24) is 4.90 Å². The Morgan fingerprint density at radius 3 is 2.59 bits per heavy atom. The van der Waals surface area contributed by atoms with Crippen LogP contribution in [0.5, 0.6) is 0 Å². The van der Waals surface area contributed by atoms with Crippen LogP contribution in [0.1, 0.15) is 46.5 Å². The maximum Gasteiger partial charge on any atom is 0.0702 e. The van der Waals surface area contributed by atoms with Gasteiger partial charge in [-0.15, -0.1) is 0 Å². The molecule has 0 radical (unpaired) electrons. The quantitative estimate of drug-likeness (QED) is 0.744. The van der Waals surface area contributed by atoms with E-state index in [1.165, 1.54) is 25.8 Å². The average molecular weight is 242 g/mol. The summed E-state index contributed by atoms with van der Waals surface area (Å²) >= 11 is 0. The maximum absolute atomic E-state index is 5.77. The van der Waals surface area contributed by atoms with Gasteiger partial charge >= 0.3 is 0 Å². The molecule has 2 N–H and O–H groups in total. The van der Waals surface area contributed by atoms with Gasteiger partial charge in [0, 0.05) is 25.2 Å². The van der Waals surface area contributed by atoms with E-state index >= 15 is 0 Å². The maximum atomic E-state index is 5.77. The van der Waals surface area contributed by atoms with E-state index in [9.17, 15) is 0 Å². The fourth-order valence-electron chi connectivity index (χ4n) is 2.81. The van der Waals surface area contributed by atoms with E-state index < -0.39 is 0 Å². The van der Waals surface area contributed by atoms with Gasteiger partial charge in [0.25, 0.3) is 0 Å². The second-order valence-corrected chi connectivity index (χ2v) is 5.88. The van der Waals surface area contributed by atoms with Crippen molar-refractivity contribution in [1.29, 1.82) is 0 Å². The second-order valence-electron chi connectivity index (χ2n) is 5.88. The zero-order valence-corrected chi connectivity index (χ0v) is 12.0. The topological polar surface area (TPSA) is 38.5 Å². The van der Waals surface area contributed by atoms with Crippen LogP contribution in [-0.2, 0) is 4.74 Å². The molecular weight excluding hydrogens is 212 g/mol. The molecule has 4 atom stereocenters. The molecule has 0 bridgehead atoms. The normalized spacial score (nSPS) is 28.6. The Labute approximate surface area is 107 Å². The van der Waals surface area contributed by atoms with Gasteiger partial charge in [-0.25, -0.2) is 0 Å². The lowest BCUT2D eigenvalue weighted by atomic mass is 10.0. The highest BCUT2D eigenvalue weighted by Crippen LogP contribution is 2.20. The minimum atomic E-state index is 0.350. The van der Waals surface area contributed by atoms with Crippen molar-refractivity contribution in [2.24, 2.45) is 11.7 Å². The number of hydrogen-bond donors (Lipinski definition) is 1. The van der Waals surface area contributed by atoms with Gasteiger partial charge in [-0.1, -0.05) is 13.3 Å². The van der Waals surface area contributed by atoms with Crippen LogP contribution < -0.4 is 5.73 Å². The number of ether oxygens (including phenoxy) is 1. The molecule has 0 aromatic carbocycles. The van der Waals surface area contributed by atoms with Gasteiger partial charge in [0.15, 0.2) is 0 Å². The molecule has 0 saturated carbocycles. The SMILES string of the molecule is CC(N)CCCC(C)CN(C)C1CCOC1C. The summed E-state index contributed by atoms with van der Waals surface area (Å²) in [5.41, 5.74) is 5.77. The van der Waals surface area contributed by atoms with E-state index in [2.05, 4.69) is 32.7 Å². The molecule has 1 aliphatic heterocycles. The van der Waals surface area contributed by atoms with Gasteiger partial charge < -0.3 is 15.4 Å². The number of likely N-dealkylation sites (N-methyl/N-ethyl adjacent to an activating group) is 1. The molecule has 0 amide bonds. The molecule has 1 heterocycles. The van der Waals surface area contributed by atoms with Gasteiger partial charge in [0.05, 0.1) is 6.10 Å². The highest BCUT2D eigenvalue weighted by molar-refractivity contribution is 4.81. The molecule has 17 heavy (non-hydrogen) atoms. The third-order valence-corrected chi connectivity index (χ3v) is 3.86. The zero-order valence-electron chi connectivity index (χ0n) is 12.0. The molecular formula is C14H30N2O. The number of rotatable bonds is 7. The first-order valence-electron chi connectivity index (χ1n) is 7.08. The van der Waals surface area contributed by atoms with E-state index in [4.69, 9.17) is 10.5 Å². The highest BCUT2D eigenvalue weighted by Gasteiger charge is 2.28. The fourth-order valence-corrected chi connectivity index (χ4v) is 2.81. The first kappa shape index (κ1) is 14.9. The van der Waals surface area contributed by atoms with Crippen molar-refractivity contribution in [2.45, 2.75) is 64.6 Å². The number of nitrogens with two attached hydrogens (primary N) is 1. The first-order valence-corrected chi connectivity index (χ1v) is 7.08. The lowest BCUT2D eigenvalue weighted by molar-refractivity contribution is 0.0784. The second kappa shape index (κ2) is 7.34. The Bertz CT molecular complexity index is 208. The van der Waals surface area contributed by atoms with Crippen LogP contribution in [0, 0.1) is 5.92 Å². The lowest BCUT2D eigenvalue weighted by Crippen LogP contribution is -2.39. The van der Waals surface area contributed by atoms with Crippen LogP contribution in [0.25, 0.3) is 0 Å². The summed E-state index contributed by atoms with van der Waals surface area (Å²) in [4.78, 5) is 2.48. The van der Waals surface area contributed by atoms with Crippen molar-refractivity contribution < 1.29 is 4.74 Å². The molecule has 0 spiro atoms. The third-order valence-electron chi connectivity index (χ3n) is 3.86. The van der Waals surface area contributed by atoms with Gasteiger partial charge in [-0.05, 0) is 46.1 Å². The number of nitrogens with zero attached hydrogens (tertiary/aromatic N) is 1. The van der Waals surface area contributed by atoms with Crippen LogP contribution in [-0.4, -0.2) is 43.3 Å². The van der Waals surface area contributed by atoms with Crippen LogP contribution in [0.4, 0.5) is 0 Å². The van der Waals surface area contributed by atoms with Crippen molar-refractivity contribution in [3.8, 4) is 0 Å². The lowest BCUT2D eigenvalue weighted by Gasteiger charge is -2.29. The summed E-state index contributed by atoms with van der Waals surface area (Å²) in [6, 6.07) is 0.967. The Balaban J connectivity index is 2.18. The smallest absolute Gasteiger partial charge is 0.0702 e. The molecule has 1 saturated heterocycles. The first-order chi connectivity index (χ1) is 8.00. The van der Waals surface area contributed by atoms with E-state index in [0.29, 0.717) is 18.2 Å².